The molecule has 2 fully saturated rings. The molecule has 2 aliphatic heterocycles. The minimum atomic E-state index is 0.377. The predicted octanol–water partition coefficient (Wildman–Crippen LogP) is 2.52. The van der Waals surface area contributed by atoms with Gasteiger partial charge in [-0.15, -0.1) is 0 Å². The molecule has 0 bridgehead atoms. The van der Waals surface area contributed by atoms with Gasteiger partial charge in [-0.05, 0) is 37.9 Å². The zero-order valence-electron chi connectivity index (χ0n) is 13.5. The molecule has 2 aliphatic rings. The Hall–Kier alpha value is -0.840. The summed E-state index contributed by atoms with van der Waals surface area (Å²) in [4.78, 5) is 5.11. The highest BCUT2D eigenvalue weighted by Crippen LogP contribution is 2.25. The zero-order valence-corrected chi connectivity index (χ0v) is 13.5. The van der Waals surface area contributed by atoms with Gasteiger partial charge < -0.3 is 9.15 Å². The molecule has 4 heteroatoms. The van der Waals surface area contributed by atoms with E-state index in [9.17, 15) is 0 Å². The van der Waals surface area contributed by atoms with E-state index in [0.29, 0.717) is 12.1 Å². The lowest BCUT2D eigenvalue weighted by Gasteiger charge is -2.36. The smallest absolute Gasteiger partial charge is 0.118 e. The maximum atomic E-state index is 6.00. The molecule has 0 aromatic carbocycles. The fourth-order valence-corrected chi connectivity index (χ4v) is 3.42. The summed E-state index contributed by atoms with van der Waals surface area (Å²) >= 11 is 0. The summed E-state index contributed by atoms with van der Waals surface area (Å²) in [5, 5.41) is 0. The van der Waals surface area contributed by atoms with Crippen LogP contribution in [0.15, 0.2) is 16.5 Å². The van der Waals surface area contributed by atoms with E-state index in [1.807, 2.05) is 6.92 Å². The number of nitrogens with zero attached hydrogens (tertiary/aromatic N) is 2. The summed E-state index contributed by atoms with van der Waals surface area (Å²) in [7, 11) is 0. The van der Waals surface area contributed by atoms with Crippen molar-refractivity contribution in [1.29, 1.82) is 0 Å². The molecule has 4 nitrogen and oxygen atoms in total. The molecule has 3 heterocycles. The molecule has 0 radical (unpaired) electrons. The Bertz CT molecular complexity index is 457. The first kappa shape index (κ1) is 15.1. The second kappa shape index (κ2) is 6.51. The van der Waals surface area contributed by atoms with Crippen LogP contribution in [-0.2, 0) is 11.3 Å². The third kappa shape index (κ3) is 3.68. The Labute approximate surface area is 128 Å². The van der Waals surface area contributed by atoms with Crippen LogP contribution in [-0.4, -0.2) is 54.7 Å². The SMILES string of the molecule is Cc1ccc(CN2CCO[C@H]3CN(CCC(C)C)C[C@H]32)o1. The number of likely N-dealkylation sites (tertiary alicyclic amines) is 1. The number of hydrogen-bond acceptors (Lipinski definition) is 4. The molecule has 2 saturated heterocycles. The van der Waals surface area contributed by atoms with Crippen LogP contribution in [0, 0.1) is 12.8 Å². The van der Waals surface area contributed by atoms with E-state index in [4.69, 9.17) is 9.15 Å². The molecule has 0 aliphatic carbocycles. The lowest BCUT2D eigenvalue weighted by Crippen LogP contribution is -2.50. The van der Waals surface area contributed by atoms with Gasteiger partial charge in [0.2, 0.25) is 0 Å². The van der Waals surface area contributed by atoms with Gasteiger partial charge in [-0.1, -0.05) is 13.8 Å². The number of morpholine rings is 1. The normalized spacial score (nSPS) is 27.4. The van der Waals surface area contributed by atoms with Crippen LogP contribution in [0.2, 0.25) is 0 Å². The molecule has 2 atom stereocenters. The van der Waals surface area contributed by atoms with Crippen molar-refractivity contribution in [3.8, 4) is 0 Å². The van der Waals surface area contributed by atoms with Crippen molar-refractivity contribution >= 4 is 0 Å². The molecule has 0 spiro atoms. The topological polar surface area (TPSA) is 28.9 Å². The van der Waals surface area contributed by atoms with Crippen molar-refractivity contribution in [2.45, 2.75) is 45.9 Å². The van der Waals surface area contributed by atoms with Crippen molar-refractivity contribution in [3.05, 3.63) is 23.7 Å². The molecule has 1 aromatic rings. The van der Waals surface area contributed by atoms with Crippen molar-refractivity contribution in [3.63, 3.8) is 0 Å². The number of aryl methyl sites for hydroxylation is 1. The van der Waals surface area contributed by atoms with Gasteiger partial charge in [0.15, 0.2) is 0 Å². The van der Waals surface area contributed by atoms with Crippen LogP contribution in [0.5, 0.6) is 0 Å². The molecule has 0 amide bonds. The highest BCUT2D eigenvalue weighted by Gasteiger charge is 2.39. The Kier molecular flexibility index (Phi) is 4.67. The average Bonchev–Trinajstić information content (AvgIpc) is 3.03. The van der Waals surface area contributed by atoms with Crippen LogP contribution in [0.1, 0.15) is 31.8 Å². The quantitative estimate of drug-likeness (QED) is 0.834. The molecule has 21 heavy (non-hydrogen) atoms. The summed E-state index contributed by atoms with van der Waals surface area (Å²) in [5.74, 6) is 2.85. The lowest BCUT2D eigenvalue weighted by molar-refractivity contribution is -0.0523. The average molecular weight is 292 g/mol. The van der Waals surface area contributed by atoms with E-state index >= 15 is 0 Å². The fraction of sp³-hybridized carbons (Fsp3) is 0.765. The number of furan rings is 1. The number of ether oxygens (including phenoxy) is 1. The second-order valence-electron chi connectivity index (χ2n) is 6.90. The second-order valence-corrected chi connectivity index (χ2v) is 6.90. The largest absolute Gasteiger partial charge is 0.465 e. The van der Waals surface area contributed by atoms with E-state index in [1.165, 1.54) is 13.0 Å². The molecular weight excluding hydrogens is 264 g/mol. The predicted molar refractivity (Wildman–Crippen MR) is 83.3 cm³/mol. The van der Waals surface area contributed by atoms with E-state index in [1.54, 1.807) is 0 Å². The Morgan fingerprint density at radius 2 is 2.14 bits per heavy atom. The molecular formula is C17H28N2O2. The van der Waals surface area contributed by atoms with Crippen LogP contribution in [0.25, 0.3) is 0 Å². The van der Waals surface area contributed by atoms with Gasteiger partial charge in [-0.3, -0.25) is 9.80 Å². The highest BCUT2D eigenvalue weighted by atomic mass is 16.5. The zero-order chi connectivity index (χ0) is 14.8. The van der Waals surface area contributed by atoms with Crippen molar-refractivity contribution in [2.24, 2.45) is 5.92 Å². The first-order valence-electron chi connectivity index (χ1n) is 8.25. The van der Waals surface area contributed by atoms with Crippen LogP contribution in [0.4, 0.5) is 0 Å². The third-order valence-corrected chi connectivity index (χ3v) is 4.67. The molecule has 1 aromatic heterocycles. The van der Waals surface area contributed by atoms with Crippen molar-refractivity contribution < 1.29 is 9.15 Å². The maximum absolute atomic E-state index is 6.00. The van der Waals surface area contributed by atoms with Crippen LogP contribution in [0.3, 0.4) is 0 Å². The Morgan fingerprint density at radius 1 is 1.29 bits per heavy atom. The van der Waals surface area contributed by atoms with E-state index < -0.39 is 0 Å². The highest BCUT2D eigenvalue weighted by molar-refractivity contribution is 5.06. The number of hydrogen-bond donors (Lipinski definition) is 0. The number of fused-ring (bicyclic) bond motifs is 1. The van der Waals surface area contributed by atoms with Crippen LogP contribution >= 0.6 is 0 Å². The Balaban J connectivity index is 1.59. The maximum Gasteiger partial charge on any atom is 0.118 e. The number of rotatable bonds is 5. The lowest BCUT2D eigenvalue weighted by atomic mass is 10.1. The van der Waals surface area contributed by atoms with Crippen LogP contribution < -0.4 is 0 Å². The van der Waals surface area contributed by atoms with Gasteiger partial charge in [0, 0.05) is 19.6 Å². The van der Waals surface area contributed by atoms with Gasteiger partial charge in [-0.25, -0.2) is 0 Å². The molecule has 118 valence electrons. The minimum Gasteiger partial charge on any atom is -0.465 e. The summed E-state index contributed by atoms with van der Waals surface area (Å²) in [6.07, 6.45) is 1.65. The van der Waals surface area contributed by atoms with Crippen molar-refractivity contribution in [2.75, 3.05) is 32.8 Å². The Morgan fingerprint density at radius 3 is 2.86 bits per heavy atom. The first-order chi connectivity index (χ1) is 10.1. The van der Waals surface area contributed by atoms with E-state index in [0.717, 1.165) is 50.2 Å². The first-order valence-corrected chi connectivity index (χ1v) is 8.25. The van der Waals surface area contributed by atoms with E-state index in [-0.39, 0.29) is 0 Å². The summed E-state index contributed by atoms with van der Waals surface area (Å²) in [6, 6.07) is 4.68. The van der Waals surface area contributed by atoms with Gasteiger partial charge in [0.1, 0.15) is 11.5 Å². The molecule has 3 rings (SSSR count). The summed E-state index contributed by atoms with van der Waals surface area (Å²) in [5.41, 5.74) is 0. The summed E-state index contributed by atoms with van der Waals surface area (Å²) in [6.45, 7) is 12.8. The minimum absolute atomic E-state index is 0.377. The van der Waals surface area contributed by atoms with Gasteiger partial charge in [0.05, 0.1) is 25.3 Å². The monoisotopic (exact) mass is 292 g/mol. The van der Waals surface area contributed by atoms with Gasteiger partial charge in [0.25, 0.3) is 0 Å². The molecule has 0 N–H and O–H groups in total. The summed E-state index contributed by atoms with van der Waals surface area (Å²) < 4.78 is 11.7. The van der Waals surface area contributed by atoms with E-state index in [2.05, 4.69) is 35.8 Å². The van der Waals surface area contributed by atoms with Gasteiger partial charge >= 0.3 is 0 Å². The fourth-order valence-electron chi connectivity index (χ4n) is 3.42. The molecule has 0 unspecified atom stereocenters. The van der Waals surface area contributed by atoms with Gasteiger partial charge in [-0.2, -0.15) is 0 Å². The molecule has 0 saturated carbocycles. The van der Waals surface area contributed by atoms with Crippen molar-refractivity contribution in [1.82, 2.24) is 9.80 Å². The third-order valence-electron chi connectivity index (χ3n) is 4.67. The standard InChI is InChI=1S/C17H28N2O2/c1-13(2)6-7-18-11-16-17(12-18)20-9-8-19(16)10-15-5-4-14(3)21-15/h4-5,13,16-17H,6-12H2,1-3H3/t16-,17+/m1/s1.